The number of piperazine rings is 1. The number of nitrogens with one attached hydrogen (secondary N) is 1. The number of anilines is 1. The molecule has 0 radical (unpaired) electrons. The SMILES string of the molecule is CC.CN1CCN(c2ccc(-c3nc4c([nH]3)=CCCC=4)cn2)CC1. The lowest BCUT2D eigenvalue weighted by molar-refractivity contribution is 0.312. The fourth-order valence-electron chi connectivity index (χ4n) is 3.04. The van der Waals surface area contributed by atoms with E-state index in [1.54, 1.807) is 0 Å². The molecule has 4 rings (SSSR count). The maximum absolute atomic E-state index is 4.67. The van der Waals surface area contributed by atoms with E-state index in [0.717, 1.165) is 66.9 Å². The summed E-state index contributed by atoms with van der Waals surface area (Å²) in [4.78, 5) is 17.4. The fraction of sp³-hybridized carbons (Fsp3) is 0.474. The first-order valence-corrected chi connectivity index (χ1v) is 8.96. The number of nitrogens with zero attached hydrogens (tertiary/aromatic N) is 4. The van der Waals surface area contributed by atoms with Crippen molar-refractivity contribution in [1.29, 1.82) is 0 Å². The van der Waals surface area contributed by atoms with Gasteiger partial charge in [-0.3, -0.25) is 0 Å². The van der Waals surface area contributed by atoms with Crippen LogP contribution in [0.5, 0.6) is 0 Å². The van der Waals surface area contributed by atoms with Crippen molar-refractivity contribution >= 4 is 18.0 Å². The second kappa shape index (κ2) is 7.62. The van der Waals surface area contributed by atoms with Gasteiger partial charge in [0.2, 0.25) is 0 Å². The van der Waals surface area contributed by atoms with E-state index in [0.29, 0.717) is 0 Å². The Hall–Kier alpha value is -2.14. The highest BCUT2D eigenvalue weighted by molar-refractivity contribution is 5.57. The van der Waals surface area contributed by atoms with E-state index in [9.17, 15) is 0 Å². The van der Waals surface area contributed by atoms with Crippen molar-refractivity contribution in [1.82, 2.24) is 19.9 Å². The number of fused-ring (bicyclic) bond motifs is 1. The maximum Gasteiger partial charge on any atom is 0.140 e. The van der Waals surface area contributed by atoms with E-state index in [1.165, 1.54) is 0 Å². The Kier molecular flexibility index (Phi) is 5.30. The maximum atomic E-state index is 4.67. The van der Waals surface area contributed by atoms with Crippen LogP contribution in [-0.4, -0.2) is 53.1 Å². The predicted molar refractivity (Wildman–Crippen MR) is 100 cm³/mol. The fourth-order valence-corrected chi connectivity index (χ4v) is 3.04. The third kappa shape index (κ3) is 3.51. The predicted octanol–water partition coefficient (Wildman–Crippen LogP) is 1.60. The highest BCUT2D eigenvalue weighted by Crippen LogP contribution is 2.17. The van der Waals surface area contributed by atoms with Crippen LogP contribution >= 0.6 is 0 Å². The minimum Gasteiger partial charge on any atom is -0.354 e. The molecule has 2 aromatic heterocycles. The molecule has 5 heteroatoms. The van der Waals surface area contributed by atoms with Crippen LogP contribution in [0.3, 0.4) is 0 Å². The van der Waals surface area contributed by atoms with Crippen LogP contribution < -0.4 is 15.6 Å². The highest BCUT2D eigenvalue weighted by Gasteiger charge is 2.15. The molecule has 3 heterocycles. The van der Waals surface area contributed by atoms with E-state index < -0.39 is 0 Å². The summed E-state index contributed by atoms with van der Waals surface area (Å²) in [6.07, 6.45) is 8.52. The van der Waals surface area contributed by atoms with Gasteiger partial charge in [-0.05, 0) is 32.0 Å². The molecule has 0 atom stereocenters. The molecule has 0 amide bonds. The number of aromatic amines is 1. The first-order valence-electron chi connectivity index (χ1n) is 8.96. The molecule has 1 aliphatic heterocycles. The Morgan fingerprint density at radius 2 is 1.75 bits per heavy atom. The largest absolute Gasteiger partial charge is 0.354 e. The van der Waals surface area contributed by atoms with E-state index in [2.05, 4.69) is 56.1 Å². The second-order valence-electron chi connectivity index (χ2n) is 6.07. The zero-order valence-corrected chi connectivity index (χ0v) is 14.9. The summed E-state index contributed by atoms with van der Waals surface area (Å²) < 4.78 is 0. The lowest BCUT2D eigenvalue weighted by atomic mass is 10.2. The highest BCUT2D eigenvalue weighted by atomic mass is 15.3. The molecule has 0 spiro atoms. The molecule has 5 nitrogen and oxygen atoms in total. The van der Waals surface area contributed by atoms with E-state index in [1.807, 2.05) is 20.0 Å². The summed E-state index contributed by atoms with van der Waals surface area (Å²) in [5, 5.41) is 2.22. The van der Waals surface area contributed by atoms with Crippen molar-refractivity contribution in [3.8, 4) is 11.4 Å². The minimum atomic E-state index is 0.914. The van der Waals surface area contributed by atoms with Gasteiger partial charge >= 0.3 is 0 Å². The minimum absolute atomic E-state index is 0.914. The van der Waals surface area contributed by atoms with Crippen LogP contribution in [0, 0.1) is 0 Å². The lowest BCUT2D eigenvalue weighted by Crippen LogP contribution is -2.44. The van der Waals surface area contributed by atoms with Crippen molar-refractivity contribution < 1.29 is 0 Å². The van der Waals surface area contributed by atoms with E-state index in [-0.39, 0.29) is 0 Å². The van der Waals surface area contributed by atoms with Crippen LogP contribution in [0.1, 0.15) is 26.7 Å². The normalized spacial score (nSPS) is 17.2. The molecule has 2 aliphatic rings. The summed E-state index contributed by atoms with van der Waals surface area (Å²) >= 11 is 0. The number of H-pyrrole nitrogens is 1. The summed E-state index contributed by atoms with van der Waals surface area (Å²) in [5.74, 6) is 1.98. The molecule has 1 aliphatic carbocycles. The van der Waals surface area contributed by atoms with Crippen LogP contribution in [0.15, 0.2) is 18.3 Å². The number of pyridine rings is 1. The van der Waals surface area contributed by atoms with Crippen molar-refractivity contribution in [2.24, 2.45) is 0 Å². The third-order valence-corrected chi connectivity index (χ3v) is 4.46. The van der Waals surface area contributed by atoms with Gasteiger partial charge in [0.15, 0.2) is 0 Å². The van der Waals surface area contributed by atoms with Crippen molar-refractivity contribution in [3.63, 3.8) is 0 Å². The number of aromatic nitrogens is 3. The molecular weight excluding hydrogens is 298 g/mol. The molecular formula is C19H27N5. The number of imidazole rings is 1. The summed E-state index contributed by atoms with van der Waals surface area (Å²) in [7, 11) is 2.17. The number of hydrogen-bond donors (Lipinski definition) is 1. The number of rotatable bonds is 2. The van der Waals surface area contributed by atoms with Crippen LogP contribution in [-0.2, 0) is 0 Å². The molecule has 0 unspecified atom stereocenters. The van der Waals surface area contributed by atoms with Crippen molar-refractivity contribution in [2.45, 2.75) is 26.7 Å². The van der Waals surface area contributed by atoms with E-state index >= 15 is 0 Å². The quantitative estimate of drug-likeness (QED) is 0.911. The summed E-state index contributed by atoms with van der Waals surface area (Å²) in [5.41, 5.74) is 1.05. The Bertz CT molecular complexity index is 734. The smallest absolute Gasteiger partial charge is 0.140 e. The lowest BCUT2D eigenvalue weighted by Gasteiger charge is -2.33. The molecule has 1 N–H and O–H groups in total. The van der Waals surface area contributed by atoms with Gasteiger partial charge in [-0.15, -0.1) is 0 Å². The molecule has 0 saturated carbocycles. The topological polar surface area (TPSA) is 48.0 Å². The van der Waals surface area contributed by atoms with Gasteiger partial charge in [-0.2, -0.15) is 0 Å². The summed E-state index contributed by atoms with van der Waals surface area (Å²) in [6.45, 7) is 8.28. The first-order chi connectivity index (χ1) is 11.8. The van der Waals surface area contributed by atoms with Crippen LogP contribution in [0.25, 0.3) is 23.5 Å². The Balaban J connectivity index is 0.000000815. The zero-order valence-electron chi connectivity index (χ0n) is 14.9. The molecule has 0 aromatic carbocycles. The Labute approximate surface area is 143 Å². The van der Waals surface area contributed by atoms with Crippen LogP contribution in [0.2, 0.25) is 0 Å². The van der Waals surface area contributed by atoms with Gasteiger partial charge in [-0.25, -0.2) is 9.97 Å². The third-order valence-electron chi connectivity index (χ3n) is 4.46. The monoisotopic (exact) mass is 325 g/mol. The molecule has 0 bridgehead atoms. The standard InChI is InChI=1S/C17H21N5.C2H6/c1-21-8-10-22(11-9-21)16-7-6-13(12-18-16)17-19-14-4-2-3-5-15(14)20-17;1-2/h4-7,12H,2-3,8-11H2,1H3,(H,19,20);1-2H3. The first kappa shape index (κ1) is 16.7. The molecule has 24 heavy (non-hydrogen) atoms. The van der Waals surface area contributed by atoms with Gasteiger partial charge in [0, 0.05) is 37.9 Å². The average Bonchev–Trinajstić information content (AvgIpc) is 3.08. The zero-order chi connectivity index (χ0) is 16.9. The Morgan fingerprint density at radius 3 is 2.42 bits per heavy atom. The van der Waals surface area contributed by atoms with Gasteiger partial charge in [0.1, 0.15) is 11.6 Å². The molecule has 2 aromatic rings. The molecule has 1 fully saturated rings. The average molecular weight is 325 g/mol. The van der Waals surface area contributed by atoms with Gasteiger partial charge in [0.05, 0.1) is 10.7 Å². The van der Waals surface area contributed by atoms with Crippen molar-refractivity contribution in [3.05, 3.63) is 29.0 Å². The second-order valence-corrected chi connectivity index (χ2v) is 6.07. The summed E-state index contributed by atoms with van der Waals surface area (Å²) in [6, 6.07) is 4.22. The van der Waals surface area contributed by atoms with Crippen molar-refractivity contribution in [2.75, 3.05) is 38.1 Å². The number of hydrogen-bond acceptors (Lipinski definition) is 4. The van der Waals surface area contributed by atoms with Gasteiger partial charge < -0.3 is 14.8 Å². The Morgan fingerprint density at radius 1 is 1.00 bits per heavy atom. The van der Waals surface area contributed by atoms with E-state index in [4.69, 9.17) is 0 Å². The van der Waals surface area contributed by atoms with Crippen LogP contribution in [0.4, 0.5) is 5.82 Å². The van der Waals surface area contributed by atoms with Gasteiger partial charge in [0.25, 0.3) is 0 Å². The molecule has 1 saturated heterocycles. The number of likely N-dealkylation sites (N-methyl/N-ethyl adjacent to an activating group) is 1. The molecule has 128 valence electrons. The van der Waals surface area contributed by atoms with Gasteiger partial charge in [-0.1, -0.05) is 26.0 Å².